The SMILES string of the molecule is CC(C)Nc1cc(N2CC(NC(=O)OC(C)(C)C)C2)nc(N)n1. The fourth-order valence-corrected chi connectivity index (χ4v) is 2.22. The van der Waals surface area contributed by atoms with Crippen LogP contribution in [0.15, 0.2) is 6.07 Å². The van der Waals surface area contributed by atoms with Crippen molar-refractivity contribution in [3.05, 3.63) is 6.07 Å². The molecular formula is C15H26N6O2. The van der Waals surface area contributed by atoms with Crippen LogP contribution >= 0.6 is 0 Å². The minimum absolute atomic E-state index is 0.0440. The third-order valence-corrected chi connectivity index (χ3v) is 3.09. The molecule has 1 saturated heterocycles. The fourth-order valence-electron chi connectivity index (χ4n) is 2.22. The lowest BCUT2D eigenvalue weighted by atomic mass is 10.1. The molecule has 0 bridgehead atoms. The largest absolute Gasteiger partial charge is 0.444 e. The Morgan fingerprint density at radius 2 is 2.04 bits per heavy atom. The van der Waals surface area contributed by atoms with Crippen LogP contribution in [0.1, 0.15) is 34.6 Å². The molecule has 1 aromatic rings. The number of aromatic nitrogens is 2. The Labute approximate surface area is 136 Å². The summed E-state index contributed by atoms with van der Waals surface area (Å²) in [4.78, 5) is 22.2. The van der Waals surface area contributed by atoms with Gasteiger partial charge in [0.15, 0.2) is 0 Å². The standard InChI is InChI=1S/C15H26N6O2/c1-9(2)17-11-6-12(20-13(16)19-11)21-7-10(8-21)18-14(22)23-15(3,4)5/h6,9-10H,7-8H2,1-5H3,(H,18,22)(H3,16,17,19,20). The lowest BCUT2D eigenvalue weighted by Gasteiger charge is -2.40. The molecular weight excluding hydrogens is 296 g/mol. The molecule has 1 aliphatic heterocycles. The van der Waals surface area contributed by atoms with Crippen molar-refractivity contribution in [2.24, 2.45) is 0 Å². The van der Waals surface area contributed by atoms with Crippen LogP contribution in [0.4, 0.5) is 22.4 Å². The van der Waals surface area contributed by atoms with E-state index in [2.05, 4.69) is 20.6 Å². The molecule has 2 heterocycles. The predicted molar refractivity (Wildman–Crippen MR) is 90.6 cm³/mol. The first-order chi connectivity index (χ1) is 10.6. The number of hydrogen-bond acceptors (Lipinski definition) is 7. The van der Waals surface area contributed by atoms with Gasteiger partial charge in [-0.1, -0.05) is 0 Å². The number of nitrogens with two attached hydrogens (primary N) is 1. The number of ether oxygens (including phenoxy) is 1. The summed E-state index contributed by atoms with van der Waals surface area (Å²) in [5.74, 6) is 1.68. The maximum atomic E-state index is 11.7. The lowest BCUT2D eigenvalue weighted by Crippen LogP contribution is -2.60. The molecule has 0 spiro atoms. The number of nitrogens with one attached hydrogen (secondary N) is 2. The molecule has 0 aromatic carbocycles. The summed E-state index contributed by atoms with van der Waals surface area (Å²) >= 11 is 0. The summed E-state index contributed by atoms with van der Waals surface area (Å²) in [5.41, 5.74) is 5.26. The highest BCUT2D eigenvalue weighted by Gasteiger charge is 2.31. The topological polar surface area (TPSA) is 105 Å². The van der Waals surface area contributed by atoms with Gasteiger partial charge in [-0.25, -0.2) is 4.79 Å². The Morgan fingerprint density at radius 3 is 2.61 bits per heavy atom. The van der Waals surface area contributed by atoms with Crippen molar-refractivity contribution >= 4 is 23.7 Å². The van der Waals surface area contributed by atoms with Gasteiger partial charge in [-0.3, -0.25) is 0 Å². The van der Waals surface area contributed by atoms with Gasteiger partial charge in [-0.05, 0) is 34.6 Å². The van der Waals surface area contributed by atoms with E-state index in [0.717, 1.165) is 5.82 Å². The van der Waals surface area contributed by atoms with Gasteiger partial charge in [0.2, 0.25) is 5.95 Å². The van der Waals surface area contributed by atoms with Gasteiger partial charge in [0.05, 0.1) is 6.04 Å². The van der Waals surface area contributed by atoms with Crippen molar-refractivity contribution in [3.8, 4) is 0 Å². The molecule has 23 heavy (non-hydrogen) atoms. The van der Waals surface area contributed by atoms with E-state index in [1.807, 2.05) is 45.6 Å². The maximum Gasteiger partial charge on any atom is 0.407 e. The highest BCUT2D eigenvalue weighted by Crippen LogP contribution is 2.22. The molecule has 0 saturated carbocycles. The van der Waals surface area contributed by atoms with Gasteiger partial charge < -0.3 is 26.0 Å². The van der Waals surface area contributed by atoms with Gasteiger partial charge in [0.1, 0.15) is 17.2 Å². The number of rotatable bonds is 4. The molecule has 128 valence electrons. The van der Waals surface area contributed by atoms with E-state index in [9.17, 15) is 4.79 Å². The quantitative estimate of drug-likeness (QED) is 0.773. The van der Waals surface area contributed by atoms with Crippen LogP contribution in [0.3, 0.4) is 0 Å². The van der Waals surface area contributed by atoms with E-state index >= 15 is 0 Å². The highest BCUT2D eigenvalue weighted by atomic mass is 16.6. The molecule has 8 heteroatoms. The minimum atomic E-state index is -0.494. The van der Waals surface area contributed by atoms with E-state index in [4.69, 9.17) is 10.5 Å². The Morgan fingerprint density at radius 1 is 1.39 bits per heavy atom. The van der Waals surface area contributed by atoms with Gasteiger partial charge in [-0.15, -0.1) is 0 Å². The first kappa shape index (κ1) is 17.1. The summed E-state index contributed by atoms with van der Waals surface area (Å²) < 4.78 is 5.24. The molecule has 0 atom stereocenters. The molecule has 0 radical (unpaired) electrons. The summed E-state index contributed by atoms with van der Waals surface area (Å²) in [7, 11) is 0. The molecule has 1 fully saturated rings. The molecule has 1 aliphatic rings. The van der Waals surface area contributed by atoms with Crippen molar-refractivity contribution < 1.29 is 9.53 Å². The number of alkyl carbamates (subject to hydrolysis) is 1. The smallest absolute Gasteiger partial charge is 0.407 e. The van der Waals surface area contributed by atoms with Crippen LogP contribution in [0.2, 0.25) is 0 Å². The number of carbonyl (C=O) groups is 1. The van der Waals surface area contributed by atoms with Gasteiger partial charge in [0, 0.05) is 25.2 Å². The summed E-state index contributed by atoms with van der Waals surface area (Å²) in [6, 6.07) is 2.16. The Kier molecular flexibility index (Phi) is 4.82. The zero-order valence-electron chi connectivity index (χ0n) is 14.4. The van der Waals surface area contributed by atoms with Crippen LogP contribution in [0, 0.1) is 0 Å². The Hall–Kier alpha value is -2.25. The molecule has 4 N–H and O–H groups in total. The van der Waals surface area contributed by atoms with Crippen LogP contribution in [-0.4, -0.2) is 46.8 Å². The van der Waals surface area contributed by atoms with Crippen LogP contribution in [-0.2, 0) is 4.74 Å². The number of nitrogens with zero attached hydrogens (tertiary/aromatic N) is 3. The van der Waals surface area contributed by atoms with Crippen molar-refractivity contribution in [3.63, 3.8) is 0 Å². The number of anilines is 3. The highest BCUT2D eigenvalue weighted by molar-refractivity contribution is 5.69. The monoisotopic (exact) mass is 322 g/mol. The Balaban J connectivity index is 1.89. The average molecular weight is 322 g/mol. The fraction of sp³-hybridized carbons (Fsp3) is 0.667. The third kappa shape index (κ3) is 5.15. The molecule has 0 unspecified atom stereocenters. The maximum absolute atomic E-state index is 11.7. The zero-order valence-corrected chi connectivity index (χ0v) is 14.4. The average Bonchev–Trinajstić information content (AvgIpc) is 2.29. The second kappa shape index (κ2) is 6.47. The van der Waals surface area contributed by atoms with Gasteiger partial charge in [-0.2, -0.15) is 9.97 Å². The molecule has 8 nitrogen and oxygen atoms in total. The van der Waals surface area contributed by atoms with Crippen molar-refractivity contribution in [1.82, 2.24) is 15.3 Å². The van der Waals surface area contributed by atoms with E-state index in [-0.39, 0.29) is 18.0 Å². The lowest BCUT2D eigenvalue weighted by molar-refractivity contribution is 0.0496. The second-order valence-corrected chi connectivity index (χ2v) is 7.02. The van der Waals surface area contributed by atoms with E-state index in [1.54, 1.807) is 0 Å². The number of hydrogen-bond donors (Lipinski definition) is 3. The third-order valence-electron chi connectivity index (χ3n) is 3.09. The van der Waals surface area contributed by atoms with Crippen molar-refractivity contribution in [2.45, 2.75) is 52.3 Å². The van der Waals surface area contributed by atoms with E-state index in [1.165, 1.54) is 0 Å². The summed E-state index contributed by atoms with van der Waals surface area (Å²) in [5, 5.41) is 6.05. The first-order valence-corrected chi connectivity index (χ1v) is 7.78. The van der Waals surface area contributed by atoms with Crippen LogP contribution in [0.5, 0.6) is 0 Å². The number of nitrogen functional groups attached to an aromatic ring is 1. The minimum Gasteiger partial charge on any atom is -0.444 e. The molecule has 0 aliphatic carbocycles. The summed E-state index contributed by atoms with van der Waals surface area (Å²) in [6.07, 6.45) is -0.397. The van der Waals surface area contributed by atoms with Crippen LogP contribution < -0.4 is 21.3 Å². The predicted octanol–water partition coefficient (Wildman–Crippen LogP) is 1.59. The zero-order chi connectivity index (χ0) is 17.2. The Bertz CT molecular complexity index is 564. The normalized spacial score (nSPS) is 15.3. The number of amides is 1. The van der Waals surface area contributed by atoms with Crippen molar-refractivity contribution in [1.29, 1.82) is 0 Å². The molecule has 2 rings (SSSR count). The molecule has 1 amide bonds. The van der Waals surface area contributed by atoms with Crippen molar-refractivity contribution in [2.75, 3.05) is 29.0 Å². The number of carbonyl (C=O) groups excluding carboxylic acids is 1. The molecule has 1 aromatic heterocycles. The van der Waals surface area contributed by atoms with E-state index < -0.39 is 11.7 Å². The van der Waals surface area contributed by atoms with Crippen LogP contribution in [0.25, 0.3) is 0 Å². The van der Waals surface area contributed by atoms with E-state index in [0.29, 0.717) is 18.9 Å². The van der Waals surface area contributed by atoms with Gasteiger partial charge >= 0.3 is 6.09 Å². The first-order valence-electron chi connectivity index (χ1n) is 7.78. The van der Waals surface area contributed by atoms with Gasteiger partial charge in [0.25, 0.3) is 0 Å². The second-order valence-electron chi connectivity index (χ2n) is 7.02. The summed E-state index contributed by atoms with van der Waals surface area (Å²) in [6.45, 7) is 10.9.